The Morgan fingerprint density at radius 3 is 3.00 bits per heavy atom. The van der Waals surface area contributed by atoms with Crippen LogP contribution in [0.15, 0.2) is 22.7 Å². The van der Waals surface area contributed by atoms with Gasteiger partial charge in [0.25, 0.3) is 5.91 Å². The minimum absolute atomic E-state index is 0.0954. The maximum atomic E-state index is 13.3. The highest BCUT2D eigenvalue weighted by Gasteiger charge is 2.27. The van der Waals surface area contributed by atoms with Gasteiger partial charge in [-0.15, -0.1) is 0 Å². The Balaban J connectivity index is 2.25. The van der Waals surface area contributed by atoms with Crippen LogP contribution in [0.25, 0.3) is 0 Å². The monoisotopic (exact) mass is 328 g/mol. The number of hydrogen-bond donors (Lipinski definition) is 1. The summed E-state index contributed by atoms with van der Waals surface area (Å²) in [7, 11) is 0. The predicted octanol–water partition coefficient (Wildman–Crippen LogP) is 2.80. The largest absolute Gasteiger partial charge is 0.334 e. The zero-order chi connectivity index (χ0) is 13.8. The van der Waals surface area contributed by atoms with Crippen molar-refractivity contribution in [2.24, 2.45) is 0 Å². The first-order valence-corrected chi connectivity index (χ1v) is 7.39. The van der Waals surface area contributed by atoms with E-state index >= 15 is 0 Å². The first-order valence-electron chi connectivity index (χ1n) is 6.60. The van der Waals surface area contributed by atoms with Gasteiger partial charge >= 0.3 is 0 Å². The Morgan fingerprint density at radius 1 is 1.58 bits per heavy atom. The van der Waals surface area contributed by atoms with Gasteiger partial charge < -0.3 is 10.2 Å². The van der Waals surface area contributed by atoms with Gasteiger partial charge in [0, 0.05) is 23.6 Å². The minimum atomic E-state index is -0.382. The van der Waals surface area contributed by atoms with Gasteiger partial charge in [0.1, 0.15) is 5.82 Å². The van der Waals surface area contributed by atoms with Crippen molar-refractivity contribution >= 4 is 21.8 Å². The van der Waals surface area contributed by atoms with Crippen molar-refractivity contribution in [2.45, 2.75) is 25.8 Å². The SMILES string of the molecule is CCCN(C(=O)c1cc(F)ccc1Br)C1CCNC1. The van der Waals surface area contributed by atoms with E-state index in [1.807, 2.05) is 11.8 Å². The molecule has 1 N–H and O–H groups in total. The molecule has 0 aliphatic carbocycles. The molecule has 104 valence electrons. The van der Waals surface area contributed by atoms with Crippen molar-refractivity contribution in [3.63, 3.8) is 0 Å². The molecule has 0 spiro atoms. The lowest BCUT2D eigenvalue weighted by molar-refractivity contribution is 0.0691. The molecule has 1 aromatic carbocycles. The molecule has 2 rings (SSSR count). The lowest BCUT2D eigenvalue weighted by Crippen LogP contribution is -2.42. The highest BCUT2D eigenvalue weighted by molar-refractivity contribution is 9.10. The number of halogens is 2. The third kappa shape index (κ3) is 3.34. The Hall–Kier alpha value is -0.940. The lowest BCUT2D eigenvalue weighted by Gasteiger charge is -2.28. The number of carbonyl (C=O) groups is 1. The van der Waals surface area contributed by atoms with Gasteiger partial charge in [0.2, 0.25) is 0 Å². The van der Waals surface area contributed by atoms with Crippen LogP contribution in [0.4, 0.5) is 4.39 Å². The maximum Gasteiger partial charge on any atom is 0.255 e. The van der Waals surface area contributed by atoms with E-state index in [-0.39, 0.29) is 17.8 Å². The average Bonchev–Trinajstić information content (AvgIpc) is 2.92. The van der Waals surface area contributed by atoms with Gasteiger partial charge in [0.15, 0.2) is 0 Å². The number of rotatable bonds is 4. The van der Waals surface area contributed by atoms with Crippen LogP contribution in [-0.2, 0) is 0 Å². The zero-order valence-electron chi connectivity index (χ0n) is 11.0. The van der Waals surface area contributed by atoms with E-state index in [1.165, 1.54) is 12.1 Å². The lowest BCUT2D eigenvalue weighted by atomic mass is 10.1. The zero-order valence-corrected chi connectivity index (χ0v) is 12.5. The third-order valence-corrected chi connectivity index (χ3v) is 4.05. The van der Waals surface area contributed by atoms with Crippen LogP contribution >= 0.6 is 15.9 Å². The van der Waals surface area contributed by atoms with Crippen LogP contribution in [0.2, 0.25) is 0 Å². The fourth-order valence-corrected chi connectivity index (χ4v) is 2.83. The predicted molar refractivity (Wildman–Crippen MR) is 76.7 cm³/mol. The summed E-state index contributed by atoms with van der Waals surface area (Å²) in [6.45, 7) is 4.50. The molecule has 1 aliphatic heterocycles. The fraction of sp³-hybridized carbons (Fsp3) is 0.500. The Kier molecular flexibility index (Phi) is 4.93. The molecule has 1 aromatic rings. The van der Waals surface area contributed by atoms with Crippen LogP contribution in [0, 0.1) is 5.82 Å². The first kappa shape index (κ1) is 14.5. The van der Waals surface area contributed by atoms with Crippen LogP contribution in [-0.4, -0.2) is 36.5 Å². The highest BCUT2D eigenvalue weighted by Crippen LogP contribution is 2.22. The number of carbonyl (C=O) groups excluding carboxylic acids is 1. The molecule has 1 atom stereocenters. The van der Waals surface area contributed by atoms with E-state index in [0.717, 1.165) is 25.9 Å². The van der Waals surface area contributed by atoms with E-state index < -0.39 is 0 Å². The van der Waals surface area contributed by atoms with Gasteiger partial charge in [-0.1, -0.05) is 6.92 Å². The van der Waals surface area contributed by atoms with Crippen LogP contribution < -0.4 is 5.32 Å². The Bertz CT molecular complexity index is 461. The Labute approximate surface area is 121 Å². The topological polar surface area (TPSA) is 32.3 Å². The van der Waals surface area contributed by atoms with E-state index in [1.54, 1.807) is 6.07 Å². The van der Waals surface area contributed by atoms with E-state index in [0.29, 0.717) is 16.6 Å². The van der Waals surface area contributed by atoms with Gasteiger partial charge in [-0.3, -0.25) is 4.79 Å². The molecular weight excluding hydrogens is 311 g/mol. The molecule has 0 radical (unpaired) electrons. The molecule has 0 aromatic heterocycles. The number of benzene rings is 1. The molecule has 0 saturated carbocycles. The molecule has 3 nitrogen and oxygen atoms in total. The summed E-state index contributed by atoms with van der Waals surface area (Å²) in [5, 5.41) is 3.26. The summed E-state index contributed by atoms with van der Waals surface area (Å²) >= 11 is 3.33. The Morgan fingerprint density at radius 2 is 2.37 bits per heavy atom. The van der Waals surface area contributed by atoms with E-state index in [9.17, 15) is 9.18 Å². The average molecular weight is 329 g/mol. The maximum absolute atomic E-state index is 13.3. The second kappa shape index (κ2) is 6.48. The number of nitrogens with one attached hydrogen (secondary N) is 1. The summed E-state index contributed by atoms with van der Waals surface area (Å²) in [6.07, 6.45) is 1.86. The molecule has 1 aliphatic rings. The summed E-state index contributed by atoms with van der Waals surface area (Å²) in [6, 6.07) is 4.45. The van der Waals surface area contributed by atoms with Gasteiger partial charge in [-0.25, -0.2) is 4.39 Å². The summed E-state index contributed by atoms with van der Waals surface area (Å²) < 4.78 is 14.0. The number of nitrogens with zero attached hydrogens (tertiary/aromatic N) is 1. The molecule has 5 heteroatoms. The van der Waals surface area contributed by atoms with Crippen LogP contribution in [0.5, 0.6) is 0 Å². The van der Waals surface area contributed by atoms with Crippen molar-refractivity contribution < 1.29 is 9.18 Å². The molecule has 1 heterocycles. The third-order valence-electron chi connectivity index (χ3n) is 3.36. The number of amides is 1. The minimum Gasteiger partial charge on any atom is -0.334 e. The normalized spacial score (nSPS) is 18.6. The van der Waals surface area contributed by atoms with Crippen LogP contribution in [0.1, 0.15) is 30.1 Å². The van der Waals surface area contributed by atoms with Crippen LogP contribution in [0.3, 0.4) is 0 Å². The van der Waals surface area contributed by atoms with Crippen molar-refractivity contribution in [1.29, 1.82) is 0 Å². The van der Waals surface area contributed by atoms with Crippen molar-refractivity contribution in [3.05, 3.63) is 34.1 Å². The van der Waals surface area contributed by atoms with Gasteiger partial charge in [-0.05, 0) is 53.5 Å². The highest BCUT2D eigenvalue weighted by atomic mass is 79.9. The second-order valence-electron chi connectivity index (χ2n) is 4.77. The number of hydrogen-bond acceptors (Lipinski definition) is 2. The summed E-state index contributed by atoms with van der Waals surface area (Å²) in [4.78, 5) is 14.5. The van der Waals surface area contributed by atoms with Gasteiger partial charge in [0.05, 0.1) is 5.56 Å². The molecule has 1 fully saturated rings. The van der Waals surface area contributed by atoms with E-state index in [4.69, 9.17) is 0 Å². The summed E-state index contributed by atoms with van der Waals surface area (Å²) in [5.41, 5.74) is 0.403. The molecule has 1 unspecified atom stereocenters. The standard InChI is InChI=1S/C14H18BrFN2O/c1-2-7-18(11-5-6-17-9-11)14(19)12-8-10(16)3-4-13(12)15/h3-4,8,11,17H,2,5-7,9H2,1H3. The molecule has 1 amide bonds. The van der Waals surface area contributed by atoms with Gasteiger partial charge in [-0.2, -0.15) is 0 Å². The second-order valence-corrected chi connectivity index (χ2v) is 5.62. The molecule has 1 saturated heterocycles. The molecule has 0 bridgehead atoms. The van der Waals surface area contributed by atoms with E-state index in [2.05, 4.69) is 21.2 Å². The molecular formula is C14H18BrFN2O. The molecule has 19 heavy (non-hydrogen) atoms. The summed E-state index contributed by atoms with van der Waals surface area (Å²) in [5.74, 6) is -0.477. The van der Waals surface area contributed by atoms with Crippen molar-refractivity contribution in [1.82, 2.24) is 10.2 Å². The fourth-order valence-electron chi connectivity index (χ4n) is 2.41. The van der Waals surface area contributed by atoms with Crippen molar-refractivity contribution in [3.8, 4) is 0 Å². The quantitative estimate of drug-likeness (QED) is 0.921. The van der Waals surface area contributed by atoms with Crippen molar-refractivity contribution in [2.75, 3.05) is 19.6 Å². The first-order chi connectivity index (χ1) is 9.13. The smallest absolute Gasteiger partial charge is 0.255 e.